The fraction of sp³-hybridized carbons (Fsp3) is 0.353. The molecule has 2 amide bonds. The lowest BCUT2D eigenvalue weighted by Gasteiger charge is -2.16. The van der Waals surface area contributed by atoms with Gasteiger partial charge in [-0.15, -0.1) is 0 Å². The van der Waals surface area contributed by atoms with E-state index in [-0.39, 0.29) is 11.7 Å². The van der Waals surface area contributed by atoms with Gasteiger partial charge < -0.3 is 11.5 Å². The van der Waals surface area contributed by atoms with Crippen LogP contribution in [0.25, 0.3) is 0 Å². The van der Waals surface area contributed by atoms with Crippen LogP contribution in [-0.4, -0.2) is 16.2 Å². The van der Waals surface area contributed by atoms with Gasteiger partial charge in [0.05, 0.1) is 12.0 Å². The van der Waals surface area contributed by atoms with E-state index < -0.39 is 11.8 Å². The fourth-order valence-electron chi connectivity index (χ4n) is 3.04. The highest BCUT2D eigenvalue weighted by molar-refractivity contribution is 7.99. The predicted molar refractivity (Wildman–Crippen MR) is 96.1 cm³/mol. The van der Waals surface area contributed by atoms with Crippen molar-refractivity contribution in [2.75, 3.05) is 0 Å². The van der Waals surface area contributed by atoms with Gasteiger partial charge in [-0.2, -0.15) is 4.37 Å². The van der Waals surface area contributed by atoms with Gasteiger partial charge in [0.25, 0.3) is 5.91 Å². The van der Waals surface area contributed by atoms with E-state index >= 15 is 0 Å². The van der Waals surface area contributed by atoms with Gasteiger partial charge in [-0.3, -0.25) is 9.59 Å². The van der Waals surface area contributed by atoms with E-state index in [2.05, 4.69) is 22.6 Å². The lowest BCUT2D eigenvalue weighted by Crippen LogP contribution is -2.18. The minimum Gasteiger partial charge on any atom is -0.369 e. The standard InChI is InChI=1S/C17H19N3O2S2/c18-14(21)9-13-15(16(19)22)17(20-24-13)23-12-8-4-2-6-10-5-1-3-7-11(10)12/h1,3,5,7,12H,2,4,6,8-9H2,(H2,18,21)(H2,19,22)/t12-/m1/s1. The topological polar surface area (TPSA) is 99.1 Å². The molecule has 24 heavy (non-hydrogen) atoms. The van der Waals surface area contributed by atoms with E-state index in [0.717, 1.165) is 30.8 Å². The van der Waals surface area contributed by atoms with E-state index in [1.165, 1.54) is 17.5 Å². The predicted octanol–water partition coefficient (Wildman–Crippen LogP) is 2.83. The SMILES string of the molecule is NC(=O)Cc1snc(S[C@@H]2CCCCc3ccccc32)c1C(N)=O. The van der Waals surface area contributed by atoms with Gasteiger partial charge in [0.15, 0.2) is 0 Å². The molecule has 0 unspecified atom stereocenters. The summed E-state index contributed by atoms with van der Waals surface area (Å²) in [5, 5.41) is 0.857. The number of thioether (sulfide) groups is 1. The molecule has 4 N–H and O–H groups in total. The first-order valence-electron chi connectivity index (χ1n) is 7.87. The number of fused-ring (bicyclic) bond motifs is 1. The molecule has 1 aromatic carbocycles. The van der Waals surface area contributed by atoms with Crippen LogP contribution in [0.5, 0.6) is 0 Å². The molecule has 0 aliphatic heterocycles. The van der Waals surface area contributed by atoms with Crippen LogP contribution in [0.2, 0.25) is 0 Å². The van der Waals surface area contributed by atoms with Crippen molar-refractivity contribution in [3.05, 3.63) is 45.8 Å². The Hall–Kier alpha value is -1.86. The third-order valence-electron chi connectivity index (χ3n) is 4.13. The summed E-state index contributed by atoms with van der Waals surface area (Å²) in [6.07, 6.45) is 4.41. The average Bonchev–Trinajstić information content (AvgIpc) is 2.80. The molecule has 1 atom stereocenters. The normalized spacial score (nSPS) is 17.1. The van der Waals surface area contributed by atoms with Gasteiger partial charge in [-0.1, -0.05) is 42.4 Å². The number of aryl methyl sites for hydroxylation is 1. The van der Waals surface area contributed by atoms with E-state index in [1.807, 2.05) is 6.07 Å². The van der Waals surface area contributed by atoms with Crippen molar-refractivity contribution in [2.45, 2.75) is 42.4 Å². The van der Waals surface area contributed by atoms with Crippen molar-refractivity contribution in [1.82, 2.24) is 4.37 Å². The molecule has 1 aliphatic carbocycles. The summed E-state index contributed by atoms with van der Waals surface area (Å²) in [5.41, 5.74) is 13.8. The fourth-order valence-corrected chi connectivity index (χ4v) is 5.42. The highest BCUT2D eigenvalue weighted by atomic mass is 32.2. The lowest BCUT2D eigenvalue weighted by atomic mass is 10.0. The molecule has 0 saturated heterocycles. The molecule has 2 aromatic rings. The van der Waals surface area contributed by atoms with Gasteiger partial charge in [0, 0.05) is 10.1 Å². The van der Waals surface area contributed by atoms with Gasteiger partial charge in [-0.05, 0) is 41.9 Å². The van der Waals surface area contributed by atoms with E-state index in [1.54, 1.807) is 11.8 Å². The Kier molecular flexibility index (Phi) is 5.20. The number of aromatic nitrogens is 1. The number of benzene rings is 1. The molecule has 0 fully saturated rings. The Morgan fingerprint density at radius 3 is 2.79 bits per heavy atom. The number of carbonyl (C=O) groups is 2. The van der Waals surface area contributed by atoms with Crippen LogP contribution < -0.4 is 11.5 Å². The summed E-state index contributed by atoms with van der Waals surface area (Å²) in [7, 11) is 0. The highest BCUT2D eigenvalue weighted by Gasteiger charge is 2.25. The Morgan fingerprint density at radius 2 is 2.04 bits per heavy atom. The van der Waals surface area contributed by atoms with Crippen molar-refractivity contribution in [1.29, 1.82) is 0 Å². The molecular formula is C17H19N3O2S2. The monoisotopic (exact) mass is 361 g/mol. The largest absolute Gasteiger partial charge is 0.369 e. The molecular weight excluding hydrogens is 342 g/mol. The van der Waals surface area contributed by atoms with Crippen molar-refractivity contribution in [3.63, 3.8) is 0 Å². The second-order valence-electron chi connectivity index (χ2n) is 5.84. The first kappa shape index (κ1) is 17.0. The Morgan fingerprint density at radius 1 is 1.25 bits per heavy atom. The Balaban J connectivity index is 1.92. The van der Waals surface area contributed by atoms with Crippen LogP contribution in [0.4, 0.5) is 0 Å². The van der Waals surface area contributed by atoms with Crippen LogP contribution in [0.15, 0.2) is 29.3 Å². The van der Waals surface area contributed by atoms with Crippen molar-refractivity contribution >= 4 is 35.1 Å². The van der Waals surface area contributed by atoms with Gasteiger partial charge in [0.2, 0.25) is 5.91 Å². The van der Waals surface area contributed by atoms with Crippen LogP contribution in [0, 0.1) is 0 Å². The summed E-state index contributed by atoms with van der Waals surface area (Å²) in [4.78, 5) is 23.6. The molecule has 1 aliphatic rings. The molecule has 7 heteroatoms. The van der Waals surface area contributed by atoms with Crippen LogP contribution in [0.1, 0.15) is 50.9 Å². The summed E-state index contributed by atoms with van der Waals surface area (Å²) >= 11 is 2.71. The van der Waals surface area contributed by atoms with Crippen LogP contribution in [-0.2, 0) is 17.6 Å². The summed E-state index contributed by atoms with van der Waals surface area (Å²) in [5.74, 6) is -1.04. The Bertz CT molecular complexity index is 773. The van der Waals surface area contributed by atoms with Gasteiger partial charge >= 0.3 is 0 Å². The quantitative estimate of drug-likeness (QED) is 0.800. The van der Waals surface area contributed by atoms with Crippen molar-refractivity contribution < 1.29 is 9.59 Å². The van der Waals surface area contributed by atoms with Gasteiger partial charge in [0.1, 0.15) is 5.03 Å². The highest BCUT2D eigenvalue weighted by Crippen LogP contribution is 2.44. The van der Waals surface area contributed by atoms with Gasteiger partial charge in [-0.25, -0.2) is 0 Å². The second-order valence-corrected chi connectivity index (χ2v) is 7.89. The molecule has 3 rings (SSSR count). The molecule has 1 aromatic heterocycles. The zero-order valence-corrected chi connectivity index (χ0v) is 14.8. The zero-order chi connectivity index (χ0) is 17.1. The third kappa shape index (κ3) is 3.62. The lowest BCUT2D eigenvalue weighted by molar-refractivity contribution is -0.117. The first-order valence-corrected chi connectivity index (χ1v) is 9.52. The first-order chi connectivity index (χ1) is 11.6. The van der Waals surface area contributed by atoms with E-state index in [0.29, 0.717) is 15.5 Å². The van der Waals surface area contributed by atoms with Crippen molar-refractivity contribution in [2.24, 2.45) is 11.5 Å². The number of nitrogens with two attached hydrogens (primary N) is 2. The third-order valence-corrected chi connectivity index (χ3v) is 6.38. The second kappa shape index (κ2) is 7.36. The summed E-state index contributed by atoms with van der Waals surface area (Å²) in [6, 6.07) is 8.43. The Labute approximate surface area is 149 Å². The van der Waals surface area contributed by atoms with Crippen LogP contribution >= 0.6 is 23.3 Å². The number of rotatable bonds is 5. The zero-order valence-electron chi connectivity index (χ0n) is 13.2. The van der Waals surface area contributed by atoms with Crippen molar-refractivity contribution in [3.8, 4) is 0 Å². The molecule has 0 bridgehead atoms. The maximum atomic E-state index is 11.9. The summed E-state index contributed by atoms with van der Waals surface area (Å²) in [6.45, 7) is 0. The molecule has 126 valence electrons. The van der Waals surface area contributed by atoms with E-state index in [9.17, 15) is 9.59 Å². The number of primary amides is 2. The molecule has 0 saturated carbocycles. The number of amides is 2. The smallest absolute Gasteiger partial charge is 0.252 e. The minimum absolute atomic E-state index is 0.00223. The van der Waals surface area contributed by atoms with E-state index in [4.69, 9.17) is 11.5 Å². The summed E-state index contributed by atoms with van der Waals surface area (Å²) < 4.78 is 4.38. The number of nitrogens with zero attached hydrogens (tertiary/aromatic N) is 1. The van der Waals surface area contributed by atoms with Crippen LogP contribution in [0.3, 0.4) is 0 Å². The molecule has 1 heterocycles. The number of hydrogen-bond acceptors (Lipinski definition) is 5. The maximum Gasteiger partial charge on any atom is 0.252 e. The minimum atomic E-state index is -0.551. The maximum absolute atomic E-state index is 11.9. The number of carbonyl (C=O) groups excluding carboxylic acids is 2. The average molecular weight is 361 g/mol. The number of hydrogen-bond donors (Lipinski definition) is 2. The molecule has 0 spiro atoms. The molecule has 0 radical (unpaired) electrons. The molecule has 5 nitrogen and oxygen atoms in total.